The lowest BCUT2D eigenvalue weighted by Crippen LogP contribution is -2.30. The zero-order chi connectivity index (χ0) is 19.8. The molecule has 0 aromatic rings. The molecule has 0 aromatic carbocycles. The van der Waals surface area contributed by atoms with Crippen LogP contribution in [0.5, 0.6) is 0 Å². The molecule has 16 heteroatoms. The van der Waals surface area contributed by atoms with Crippen LogP contribution in [0.2, 0.25) is 0 Å². The van der Waals surface area contributed by atoms with E-state index in [0.29, 0.717) is 0 Å². The van der Waals surface area contributed by atoms with Crippen LogP contribution in [0.15, 0.2) is 0 Å². The van der Waals surface area contributed by atoms with Crippen LogP contribution >= 0.6 is 0 Å². The largest absolute Gasteiger partial charge is 0.673 e. The van der Waals surface area contributed by atoms with Crippen molar-refractivity contribution in [2.75, 3.05) is 20.1 Å². The van der Waals surface area contributed by atoms with Gasteiger partial charge in [0.05, 0.1) is 0 Å². The summed E-state index contributed by atoms with van der Waals surface area (Å²) in [7, 11) is -15.8. The number of likely N-dealkylation sites (tertiary alicyclic amines) is 1. The minimum atomic E-state index is -6.00. The van der Waals surface area contributed by atoms with Gasteiger partial charge in [0, 0.05) is 0 Å². The number of rotatable bonds is 0. The van der Waals surface area contributed by atoms with Crippen LogP contribution in [-0.2, 0) is 0 Å². The van der Waals surface area contributed by atoms with E-state index < -0.39 is 21.8 Å². The molecule has 0 bridgehead atoms. The summed E-state index contributed by atoms with van der Waals surface area (Å²) in [5.74, 6) is 0. The van der Waals surface area contributed by atoms with Crippen molar-refractivity contribution in [1.29, 1.82) is 0 Å². The molecule has 0 amide bonds. The monoisotopic (exact) mass is 386 g/mol. The molecule has 24 heavy (non-hydrogen) atoms. The third-order valence-electron chi connectivity index (χ3n) is 3.00. The lowest BCUT2D eigenvalue weighted by molar-refractivity contribution is 0.206. The first kappa shape index (κ1) is 25.6. The molecule has 0 unspecified atom stereocenters. The van der Waals surface area contributed by atoms with Gasteiger partial charge in [-0.25, -0.2) is 0 Å². The quantitative estimate of drug-likeness (QED) is 0.399. The van der Waals surface area contributed by atoms with Crippen molar-refractivity contribution in [2.24, 2.45) is 5.41 Å². The van der Waals surface area contributed by atoms with Crippen LogP contribution in [0.1, 0.15) is 25.7 Å². The van der Waals surface area contributed by atoms with E-state index in [1.165, 1.54) is 38.8 Å². The summed E-state index contributed by atoms with van der Waals surface area (Å²) in [5.41, 5.74) is 0.868. The summed E-state index contributed by atoms with van der Waals surface area (Å²) in [5, 5.41) is 0. The predicted molar refractivity (Wildman–Crippen MR) is 69.0 cm³/mol. The molecule has 2 aliphatic rings. The van der Waals surface area contributed by atoms with E-state index in [1.807, 2.05) is 0 Å². The Balaban J connectivity index is 0. The second-order valence-electron chi connectivity index (χ2n) is 5.29. The SMILES string of the molecule is CN1CCC2(CC1)CC2.F[B-](F)(F)F.F[B-](F)(F)F.F[B-](F)(F)F. The number of nitrogens with zero attached hydrogens (tertiary/aromatic N) is 1. The van der Waals surface area contributed by atoms with E-state index >= 15 is 0 Å². The van der Waals surface area contributed by atoms with Gasteiger partial charge in [0.15, 0.2) is 0 Å². The summed E-state index contributed by atoms with van der Waals surface area (Å²) < 4.78 is 117. The highest BCUT2D eigenvalue weighted by molar-refractivity contribution is 6.50. The molecular weight excluding hydrogens is 371 g/mol. The number of hydrogen-bond donors (Lipinski definition) is 0. The number of piperidine rings is 1. The van der Waals surface area contributed by atoms with E-state index in [1.54, 1.807) is 0 Å². The Kier molecular flexibility index (Phi) is 10.3. The van der Waals surface area contributed by atoms with Crippen molar-refractivity contribution in [2.45, 2.75) is 25.7 Å². The van der Waals surface area contributed by atoms with Gasteiger partial charge in [0.25, 0.3) is 0 Å². The van der Waals surface area contributed by atoms with Gasteiger partial charge in [0.2, 0.25) is 0 Å². The fourth-order valence-electron chi connectivity index (χ4n) is 1.77. The maximum Gasteiger partial charge on any atom is 0.673 e. The van der Waals surface area contributed by atoms with Crippen LogP contribution in [0, 0.1) is 5.41 Å². The minimum Gasteiger partial charge on any atom is -0.418 e. The molecule has 1 aliphatic heterocycles. The topological polar surface area (TPSA) is 3.24 Å². The minimum absolute atomic E-state index is 0.868. The van der Waals surface area contributed by atoms with Crippen LogP contribution in [-0.4, -0.2) is 46.8 Å². The Hall–Kier alpha value is -0.685. The van der Waals surface area contributed by atoms with Crippen molar-refractivity contribution >= 4 is 21.8 Å². The fraction of sp³-hybridized carbons (Fsp3) is 1.00. The highest BCUT2D eigenvalue weighted by atomic mass is 19.5. The third kappa shape index (κ3) is 33.0. The molecular formula is C8H15B3F12N-3. The van der Waals surface area contributed by atoms with Crippen LogP contribution < -0.4 is 0 Å². The lowest BCUT2D eigenvalue weighted by atomic mass is 9.94. The zero-order valence-corrected chi connectivity index (χ0v) is 12.5. The zero-order valence-electron chi connectivity index (χ0n) is 12.5. The molecule has 1 saturated carbocycles. The predicted octanol–water partition coefficient (Wildman–Crippen LogP) is 5.39. The Bertz CT molecular complexity index is 280. The molecule has 1 nitrogen and oxygen atoms in total. The van der Waals surface area contributed by atoms with Crippen molar-refractivity contribution in [1.82, 2.24) is 4.90 Å². The summed E-state index contributed by atoms with van der Waals surface area (Å²) in [6.07, 6.45) is 6.01. The van der Waals surface area contributed by atoms with Gasteiger partial charge in [-0.15, -0.1) is 0 Å². The van der Waals surface area contributed by atoms with Gasteiger partial charge in [0.1, 0.15) is 0 Å². The van der Waals surface area contributed by atoms with Gasteiger partial charge in [-0.3, -0.25) is 0 Å². The molecule has 2 rings (SSSR count). The molecule has 148 valence electrons. The van der Waals surface area contributed by atoms with Crippen molar-refractivity contribution in [3.63, 3.8) is 0 Å². The molecule has 1 aliphatic carbocycles. The lowest BCUT2D eigenvalue weighted by Gasteiger charge is -2.28. The number of halogens is 12. The molecule has 1 saturated heterocycles. The fourth-order valence-corrected chi connectivity index (χ4v) is 1.77. The van der Waals surface area contributed by atoms with Crippen LogP contribution in [0.4, 0.5) is 51.8 Å². The summed E-state index contributed by atoms with van der Waals surface area (Å²) in [6, 6.07) is 0. The molecule has 1 spiro atoms. The van der Waals surface area contributed by atoms with Gasteiger partial charge >= 0.3 is 21.8 Å². The molecule has 0 N–H and O–H groups in total. The molecule has 0 aromatic heterocycles. The van der Waals surface area contributed by atoms with E-state index in [2.05, 4.69) is 11.9 Å². The highest BCUT2D eigenvalue weighted by Gasteiger charge is 2.43. The second kappa shape index (κ2) is 9.71. The van der Waals surface area contributed by atoms with Gasteiger partial charge in [-0.05, 0) is 51.2 Å². The van der Waals surface area contributed by atoms with E-state index in [-0.39, 0.29) is 0 Å². The Labute approximate surface area is 131 Å². The number of hydrogen-bond acceptors (Lipinski definition) is 1. The Morgan fingerprint density at radius 3 is 0.917 bits per heavy atom. The maximum absolute atomic E-state index is 9.75. The normalized spacial score (nSPS) is 19.9. The average molecular weight is 386 g/mol. The molecule has 0 radical (unpaired) electrons. The summed E-state index contributed by atoms with van der Waals surface area (Å²) >= 11 is 0. The maximum atomic E-state index is 9.75. The van der Waals surface area contributed by atoms with Gasteiger partial charge < -0.3 is 56.7 Å². The smallest absolute Gasteiger partial charge is 0.418 e. The van der Waals surface area contributed by atoms with Crippen molar-refractivity contribution < 1.29 is 51.8 Å². The van der Waals surface area contributed by atoms with Crippen LogP contribution in [0.25, 0.3) is 0 Å². The third-order valence-corrected chi connectivity index (χ3v) is 3.00. The molecule has 0 atom stereocenters. The highest BCUT2D eigenvalue weighted by Crippen LogP contribution is 2.53. The molecule has 2 fully saturated rings. The summed E-state index contributed by atoms with van der Waals surface area (Å²) in [4.78, 5) is 2.45. The first-order valence-corrected chi connectivity index (χ1v) is 6.61. The van der Waals surface area contributed by atoms with Crippen LogP contribution in [0.3, 0.4) is 0 Å². The summed E-state index contributed by atoms with van der Waals surface area (Å²) in [6.45, 7) is 2.69. The Morgan fingerprint density at radius 1 is 0.542 bits per heavy atom. The van der Waals surface area contributed by atoms with Crippen molar-refractivity contribution in [3.8, 4) is 0 Å². The first-order chi connectivity index (χ1) is 10.3. The second-order valence-corrected chi connectivity index (χ2v) is 5.29. The first-order valence-electron chi connectivity index (χ1n) is 6.61. The van der Waals surface area contributed by atoms with Crippen molar-refractivity contribution in [3.05, 3.63) is 0 Å². The standard InChI is InChI=1S/C8H15N.3BF4/c1-9-6-4-8(2-3-8)5-7-9;3*2-1(3,4)5/h2-7H2,1H3;;;/q;3*-1. The molecule has 1 heterocycles. The van der Waals surface area contributed by atoms with Gasteiger partial charge in [-0.2, -0.15) is 0 Å². The van der Waals surface area contributed by atoms with E-state index in [4.69, 9.17) is 0 Å². The average Bonchev–Trinajstić information content (AvgIpc) is 2.96. The van der Waals surface area contributed by atoms with Gasteiger partial charge in [-0.1, -0.05) is 0 Å². The Morgan fingerprint density at radius 2 is 0.750 bits per heavy atom. The van der Waals surface area contributed by atoms with E-state index in [9.17, 15) is 51.8 Å². The van der Waals surface area contributed by atoms with E-state index in [0.717, 1.165) is 5.41 Å².